The Bertz CT molecular complexity index is 885. The molecule has 30 heavy (non-hydrogen) atoms. The van der Waals surface area contributed by atoms with Gasteiger partial charge in [0.25, 0.3) is 0 Å². The number of carbonyl (C=O) groups is 1. The molecule has 0 atom stereocenters. The third-order valence-electron chi connectivity index (χ3n) is 5.01. The van der Waals surface area contributed by atoms with Gasteiger partial charge in [0.1, 0.15) is 0 Å². The minimum Gasteiger partial charge on any atom is -0.319 e. The number of hydrazine groups is 1. The minimum absolute atomic E-state index is 0.00808. The number of hydrogen-bond donors (Lipinski definition) is 0. The smallest absolute Gasteiger partial charge is 0.319 e. The molecular weight excluding hydrogens is 372 g/mol. The number of carbonyl (C=O) groups excluding carboxylic acids is 1. The van der Waals surface area contributed by atoms with Crippen LogP contribution >= 0.6 is 0 Å². The molecule has 3 rings (SSSR count). The summed E-state index contributed by atoms with van der Waals surface area (Å²) in [5, 5.41) is 3.66. The molecule has 0 fully saturated rings. The van der Waals surface area contributed by atoms with Crippen LogP contribution in [0.1, 0.15) is 23.1 Å². The van der Waals surface area contributed by atoms with E-state index in [0.29, 0.717) is 19.6 Å². The lowest BCUT2D eigenvalue weighted by molar-refractivity contribution is 0.0318. The molecule has 1 aromatic heterocycles. The van der Waals surface area contributed by atoms with Crippen molar-refractivity contribution >= 4 is 6.03 Å². The number of aryl methyl sites for hydroxylation is 1. The molecule has 3 aromatic rings. The topological polar surface area (TPSA) is 39.7 Å². The van der Waals surface area contributed by atoms with E-state index >= 15 is 0 Å². The lowest BCUT2D eigenvalue weighted by Crippen LogP contribution is -2.49. The van der Waals surface area contributed by atoms with Gasteiger partial charge in [0, 0.05) is 39.6 Å². The molecule has 0 radical (unpaired) electrons. The highest BCUT2D eigenvalue weighted by Gasteiger charge is 2.23. The predicted molar refractivity (Wildman–Crippen MR) is 120 cm³/mol. The van der Waals surface area contributed by atoms with Gasteiger partial charge in [-0.3, -0.25) is 9.99 Å². The summed E-state index contributed by atoms with van der Waals surface area (Å²) in [5.41, 5.74) is 3.48. The summed E-state index contributed by atoms with van der Waals surface area (Å²) in [6.07, 6.45) is 5.40. The highest BCUT2D eigenvalue weighted by Crippen LogP contribution is 2.14. The number of hydrogen-bond acceptors (Lipinski definition) is 3. The first-order valence-corrected chi connectivity index (χ1v) is 10.3. The van der Waals surface area contributed by atoms with E-state index < -0.39 is 0 Å². The highest BCUT2D eigenvalue weighted by molar-refractivity contribution is 5.74. The first-order valence-electron chi connectivity index (χ1n) is 10.3. The van der Waals surface area contributed by atoms with Crippen LogP contribution in [0.2, 0.25) is 0 Å². The van der Waals surface area contributed by atoms with Crippen molar-refractivity contribution in [2.75, 3.05) is 20.6 Å². The molecule has 0 saturated carbocycles. The van der Waals surface area contributed by atoms with Gasteiger partial charge >= 0.3 is 6.03 Å². The van der Waals surface area contributed by atoms with Crippen molar-refractivity contribution in [1.29, 1.82) is 0 Å². The van der Waals surface area contributed by atoms with Crippen LogP contribution in [0, 0.1) is 0 Å². The Morgan fingerprint density at radius 1 is 0.767 bits per heavy atom. The second kappa shape index (κ2) is 11.1. The van der Waals surface area contributed by atoms with E-state index in [-0.39, 0.29) is 6.03 Å². The van der Waals surface area contributed by atoms with Crippen LogP contribution in [0.3, 0.4) is 0 Å². The zero-order valence-electron chi connectivity index (χ0n) is 17.8. The molecule has 0 bridgehead atoms. The molecular formula is C25H30N4O. The number of aromatic nitrogens is 1. The van der Waals surface area contributed by atoms with Gasteiger partial charge in [-0.1, -0.05) is 60.7 Å². The molecule has 0 spiro atoms. The fourth-order valence-electron chi connectivity index (χ4n) is 3.37. The van der Waals surface area contributed by atoms with Crippen molar-refractivity contribution in [2.24, 2.45) is 0 Å². The Morgan fingerprint density at radius 3 is 1.93 bits per heavy atom. The SMILES string of the molecule is CN(C)N(Cc1ccccc1)C(=O)N(CCCc1ccccc1)Cc1ccncc1. The molecule has 0 aliphatic carbocycles. The molecule has 1 heterocycles. The molecule has 2 aromatic carbocycles. The number of rotatable bonds is 9. The largest absolute Gasteiger partial charge is 0.335 e. The summed E-state index contributed by atoms with van der Waals surface area (Å²) in [4.78, 5) is 19.6. The third kappa shape index (κ3) is 6.42. The average Bonchev–Trinajstić information content (AvgIpc) is 2.78. The fourth-order valence-corrected chi connectivity index (χ4v) is 3.37. The summed E-state index contributed by atoms with van der Waals surface area (Å²) in [5.74, 6) is 0. The maximum Gasteiger partial charge on any atom is 0.335 e. The summed E-state index contributed by atoms with van der Waals surface area (Å²) in [6, 6.07) is 24.4. The van der Waals surface area contributed by atoms with E-state index in [0.717, 1.165) is 24.0 Å². The van der Waals surface area contributed by atoms with Gasteiger partial charge in [-0.2, -0.15) is 0 Å². The first-order chi connectivity index (χ1) is 14.6. The first kappa shape index (κ1) is 21.5. The maximum absolute atomic E-state index is 13.5. The monoisotopic (exact) mass is 402 g/mol. The second-order valence-electron chi connectivity index (χ2n) is 7.54. The van der Waals surface area contributed by atoms with Crippen LogP contribution in [-0.2, 0) is 19.5 Å². The fraction of sp³-hybridized carbons (Fsp3) is 0.280. The Balaban J connectivity index is 1.73. The molecule has 5 nitrogen and oxygen atoms in total. The van der Waals surface area contributed by atoms with E-state index in [1.54, 1.807) is 17.4 Å². The summed E-state index contributed by atoms with van der Waals surface area (Å²) >= 11 is 0. The van der Waals surface area contributed by atoms with Crippen LogP contribution in [0.15, 0.2) is 85.2 Å². The average molecular weight is 403 g/mol. The van der Waals surface area contributed by atoms with E-state index in [2.05, 4.69) is 29.2 Å². The van der Waals surface area contributed by atoms with Gasteiger partial charge in [-0.25, -0.2) is 9.80 Å². The van der Waals surface area contributed by atoms with Crippen LogP contribution in [0.25, 0.3) is 0 Å². The van der Waals surface area contributed by atoms with E-state index in [1.165, 1.54) is 5.56 Å². The summed E-state index contributed by atoms with van der Waals surface area (Å²) < 4.78 is 0. The van der Waals surface area contributed by atoms with Gasteiger partial charge in [0.05, 0.1) is 6.54 Å². The Hall–Kier alpha value is -3.18. The van der Waals surface area contributed by atoms with Crippen LogP contribution in [0.5, 0.6) is 0 Å². The van der Waals surface area contributed by atoms with E-state index in [4.69, 9.17) is 0 Å². The number of benzene rings is 2. The van der Waals surface area contributed by atoms with Crippen molar-refractivity contribution in [3.8, 4) is 0 Å². The normalized spacial score (nSPS) is 10.8. The van der Waals surface area contributed by atoms with Gasteiger partial charge in [-0.15, -0.1) is 0 Å². The summed E-state index contributed by atoms with van der Waals surface area (Å²) in [6.45, 7) is 1.79. The summed E-state index contributed by atoms with van der Waals surface area (Å²) in [7, 11) is 3.82. The molecule has 0 N–H and O–H groups in total. The molecule has 2 amide bonds. The molecule has 156 valence electrons. The number of urea groups is 1. The Labute approximate surface area is 179 Å². The zero-order chi connectivity index (χ0) is 21.2. The van der Waals surface area contributed by atoms with Crippen molar-refractivity contribution < 1.29 is 4.79 Å². The number of amides is 2. The Kier molecular flexibility index (Phi) is 7.98. The Morgan fingerprint density at radius 2 is 1.33 bits per heavy atom. The van der Waals surface area contributed by atoms with Crippen molar-refractivity contribution in [1.82, 2.24) is 19.9 Å². The van der Waals surface area contributed by atoms with Crippen molar-refractivity contribution in [3.05, 3.63) is 102 Å². The lowest BCUT2D eigenvalue weighted by Gasteiger charge is -2.34. The number of nitrogens with zero attached hydrogens (tertiary/aromatic N) is 4. The molecule has 5 heteroatoms. The van der Waals surface area contributed by atoms with Gasteiger partial charge in [0.2, 0.25) is 0 Å². The van der Waals surface area contributed by atoms with E-state index in [1.807, 2.05) is 72.5 Å². The van der Waals surface area contributed by atoms with Crippen molar-refractivity contribution in [2.45, 2.75) is 25.9 Å². The van der Waals surface area contributed by atoms with Crippen LogP contribution in [0.4, 0.5) is 4.79 Å². The van der Waals surface area contributed by atoms with Gasteiger partial charge < -0.3 is 4.90 Å². The second-order valence-corrected chi connectivity index (χ2v) is 7.54. The predicted octanol–water partition coefficient (Wildman–Crippen LogP) is 4.62. The molecule has 0 saturated heterocycles. The van der Waals surface area contributed by atoms with Gasteiger partial charge in [-0.05, 0) is 41.7 Å². The van der Waals surface area contributed by atoms with E-state index in [9.17, 15) is 4.79 Å². The minimum atomic E-state index is 0.00808. The lowest BCUT2D eigenvalue weighted by atomic mass is 10.1. The number of pyridine rings is 1. The molecule has 0 aliphatic heterocycles. The van der Waals surface area contributed by atoms with Crippen molar-refractivity contribution in [3.63, 3.8) is 0 Å². The molecule has 0 unspecified atom stereocenters. The third-order valence-corrected chi connectivity index (χ3v) is 5.01. The van der Waals surface area contributed by atoms with Crippen LogP contribution < -0.4 is 0 Å². The van der Waals surface area contributed by atoms with Gasteiger partial charge in [0.15, 0.2) is 0 Å². The highest BCUT2D eigenvalue weighted by atomic mass is 16.2. The zero-order valence-corrected chi connectivity index (χ0v) is 17.8. The van der Waals surface area contributed by atoms with Crippen LogP contribution in [-0.4, -0.2) is 46.6 Å². The standard InChI is InChI=1S/C25H30N4O/c1-27(2)29(21-23-12-7-4-8-13-23)25(30)28(20-24-15-17-26-18-16-24)19-9-14-22-10-5-3-6-11-22/h3-8,10-13,15-18H,9,14,19-21H2,1-2H3. The maximum atomic E-state index is 13.5. The molecule has 0 aliphatic rings. The quantitative estimate of drug-likeness (QED) is 0.491.